The summed E-state index contributed by atoms with van der Waals surface area (Å²) in [6.07, 6.45) is -0.0919. The molecule has 35 heavy (non-hydrogen) atoms. The molecule has 1 fully saturated rings. The van der Waals surface area contributed by atoms with Crippen LogP contribution in [0.2, 0.25) is 0 Å². The first-order valence-electron chi connectivity index (χ1n) is 11.4. The topological polar surface area (TPSA) is 87.2 Å². The zero-order chi connectivity index (χ0) is 24.6. The minimum absolute atomic E-state index is 0.0734. The minimum Gasteiger partial charge on any atom is -0.489 e. The summed E-state index contributed by atoms with van der Waals surface area (Å²) < 4.78 is 47.0. The smallest absolute Gasteiger partial charge is 0.307 e. The van der Waals surface area contributed by atoms with E-state index in [1.54, 1.807) is 6.07 Å². The molecule has 0 saturated carbocycles. The van der Waals surface area contributed by atoms with E-state index in [1.807, 2.05) is 36.4 Å². The molecule has 2 aliphatic heterocycles. The third-order valence-electron chi connectivity index (χ3n) is 6.55. The first-order chi connectivity index (χ1) is 16.8. The van der Waals surface area contributed by atoms with Crippen molar-refractivity contribution >= 4 is 16.0 Å². The number of piperazine rings is 1. The molecule has 7 nitrogen and oxygen atoms in total. The van der Waals surface area contributed by atoms with E-state index in [-0.39, 0.29) is 30.4 Å². The van der Waals surface area contributed by atoms with Crippen molar-refractivity contribution in [3.63, 3.8) is 0 Å². The van der Waals surface area contributed by atoms with Crippen molar-refractivity contribution in [1.29, 1.82) is 0 Å². The lowest BCUT2D eigenvalue weighted by Crippen LogP contribution is -2.49. The number of fused-ring (bicyclic) bond motifs is 2. The Balaban J connectivity index is 1.46. The molecule has 3 aromatic rings. The number of rotatable bonds is 5. The Bertz CT molecular complexity index is 1350. The lowest BCUT2D eigenvalue weighted by atomic mass is 9.91. The molecule has 0 spiro atoms. The van der Waals surface area contributed by atoms with E-state index in [0.29, 0.717) is 31.0 Å². The molecule has 182 valence electrons. The summed E-state index contributed by atoms with van der Waals surface area (Å²) in [5, 5.41) is 9.29. The third kappa shape index (κ3) is 4.67. The van der Waals surface area contributed by atoms with Gasteiger partial charge < -0.3 is 9.84 Å². The zero-order valence-electron chi connectivity index (χ0n) is 18.9. The Morgan fingerprint density at radius 3 is 2.40 bits per heavy atom. The number of carboxylic acid groups (broad SMARTS) is 1. The van der Waals surface area contributed by atoms with Crippen molar-refractivity contribution < 1.29 is 27.4 Å². The summed E-state index contributed by atoms with van der Waals surface area (Å²) >= 11 is 0. The molecule has 1 unspecified atom stereocenters. The number of aliphatic carboxylic acids is 1. The molecule has 0 bridgehead atoms. The van der Waals surface area contributed by atoms with Gasteiger partial charge in [-0.25, -0.2) is 12.8 Å². The second-order valence-corrected chi connectivity index (χ2v) is 10.7. The van der Waals surface area contributed by atoms with Crippen LogP contribution in [0.4, 0.5) is 4.39 Å². The molecular formula is C26H25FN2O5S. The van der Waals surface area contributed by atoms with E-state index in [2.05, 4.69) is 4.90 Å². The van der Waals surface area contributed by atoms with Gasteiger partial charge in [-0.1, -0.05) is 30.3 Å². The van der Waals surface area contributed by atoms with Gasteiger partial charge in [-0.15, -0.1) is 0 Å². The molecule has 0 aromatic heterocycles. The Kier molecular flexibility index (Phi) is 6.31. The van der Waals surface area contributed by atoms with Gasteiger partial charge in [0.25, 0.3) is 0 Å². The summed E-state index contributed by atoms with van der Waals surface area (Å²) in [6, 6.07) is 18.1. The van der Waals surface area contributed by atoms with Crippen LogP contribution in [0, 0.1) is 5.82 Å². The second kappa shape index (κ2) is 9.41. The van der Waals surface area contributed by atoms with Gasteiger partial charge in [-0.05, 0) is 53.1 Å². The highest BCUT2D eigenvalue weighted by Gasteiger charge is 2.35. The maximum atomic E-state index is 13.3. The number of hydrogen-bond acceptors (Lipinski definition) is 5. The second-order valence-electron chi connectivity index (χ2n) is 8.73. The first-order valence-corrected chi connectivity index (χ1v) is 12.8. The Morgan fingerprint density at radius 1 is 0.971 bits per heavy atom. The first kappa shape index (κ1) is 23.5. The van der Waals surface area contributed by atoms with Crippen LogP contribution in [0.25, 0.3) is 0 Å². The van der Waals surface area contributed by atoms with Crippen molar-refractivity contribution in [2.45, 2.75) is 24.0 Å². The molecule has 9 heteroatoms. The zero-order valence-corrected chi connectivity index (χ0v) is 19.7. The molecule has 2 aliphatic rings. The summed E-state index contributed by atoms with van der Waals surface area (Å²) in [6.45, 7) is 1.91. The lowest BCUT2D eigenvalue weighted by molar-refractivity contribution is -0.136. The molecule has 5 rings (SSSR count). The van der Waals surface area contributed by atoms with Crippen LogP contribution in [0.15, 0.2) is 71.6 Å². The van der Waals surface area contributed by atoms with Crippen molar-refractivity contribution in [1.82, 2.24) is 9.21 Å². The SMILES string of the molecule is O=C(O)Cc1ccc2c(c1)C(N1CCN(S(=O)(=O)c3ccc(F)cc3)CC1)c1ccccc1CO2. The number of carbonyl (C=O) groups is 1. The molecule has 0 amide bonds. The highest BCUT2D eigenvalue weighted by molar-refractivity contribution is 7.89. The molecule has 0 radical (unpaired) electrons. The monoisotopic (exact) mass is 496 g/mol. The fourth-order valence-corrected chi connectivity index (χ4v) is 6.26. The molecule has 0 aliphatic carbocycles. The Hall–Kier alpha value is -3.27. The number of sulfonamides is 1. The molecule has 3 aromatic carbocycles. The van der Waals surface area contributed by atoms with Gasteiger partial charge in [-0.2, -0.15) is 4.31 Å². The number of nitrogens with zero attached hydrogens (tertiary/aromatic N) is 2. The number of ether oxygens (including phenoxy) is 1. The number of benzene rings is 3. The van der Waals surface area contributed by atoms with Gasteiger partial charge in [0.2, 0.25) is 10.0 Å². The number of carboxylic acids is 1. The number of hydrogen-bond donors (Lipinski definition) is 1. The fraction of sp³-hybridized carbons (Fsp3) is 0.269. The summed E-state index contributed by atoms with van der Waals surface area (Å²) in [5.74, 6) is -0.693. The largest absolute Gasteiger partial charge is 0.489 e. The van der Waals surface area contributed by atoms with E-state index in [9.17, 15) is 22.7 Å². The molecular weight excluding hydrogens is 471 g/mol. The van der Waals surface area contributed by atoms with Crippen molar-refractivity contribution in [3.8, 4) is 5.75 Å². The van der Waals surface area contributed by atoms with E-state index in [4.69, 9.17) is 4.74 Å². The molecule has 1 N–H and O–H groups in total. The Labute approximate surface area is 203 Å². The fourth-order valence-electron chi connectivity index (χ4n) is 4.83. The highest BCUT2D eigenvalue weighted by atomic mass is 32.2. The molecule has 1 atom stereocenters. The molecule has 1 saturated heterocycles. The van der Waals surface area contributed by atoms with E-state index < -0.39 is 21.8 Å². The quantitative estimate of drug-likeness (QED) is 0.582. The van der Waals surface area contributed by atoms with Gasteiger partial charge in [0.1, 0.15) is 18.2 Å². The normalized spacial score (nSPS) is 18.7. The van der Waals surface area contributed by atoms with Gasteiger partial charge >= 0.3 is 5.97 Å². The van der Waals surface area contributed by atoms with Gasteiger partial charge in [0.15, 0.2) is 0 Å². The maximum Gasteiger partial charge on any atom is 0.307 e. The van der Waals surface area contributed by atoms with Gasteiger partial charge in [0.05, 0.1) is 17.4 Å². The van der Waals surface area contributed by atoms with E-state index >= 15 is 0 Å². The van der Waals surface area contributed by atoms with Crippen molar-refractivity contribution in [2.75, 3.05) is 26.2 Å². The van der Waals surface area contributed by atoms with E-state index in [0.717, 1.165) is 28.8 Å². The minimum atomic E-state index is -3.73. The van der Waals surface area contributed by atoms with Crippen LogP contribution in [0.5, 0.6) is 5.75 Å². The average Bonchev–Trinajstić information content (AvgIpc) is 3.00. The Morgan fingerprint density at radius 2 is 1.69 bits per heavy atom. The third-order valence-corrected chi connectivity index (χ3v) is 8.46. The predicted molar refractivity (Wildman–Crippen MR) is 127 cm³/mol. The summed E-state index contributed by atoms with van der Waals surface area (Å²) in [5.41, 5.74) is 3.66. The van der Waals surface area contributed by atoms with Crippen LogP contribution in [-0.2, 0) is 27.8 Å². The maximum absolute atomic E-state index is 13.3. The van der Waals surface area contributed by atoms with Crippen LogP contribution in [0.1, 0.15) is 28.3 Å². The van der Waals surface area contributed by atoms with Crippen LogP contribution in [0.3, 0.4) is 0 Å². The number of halogens is 1. The predicted octanol–water partition coefficient (Wildman–Crippen LogP) is 3.44. The van der Waals surface area contributed by atoms with Crippen LogP contribution >= 0.6 is 0 Å². The lowest BCUT2D eigenvalue weighted by Gasteiger charge is -2.39. The highest BCUT2D eigenvalue weighted by Crippen LogP contribution is 2.40. The standard InChI is InChI=1S/C26H25FN2O5S/c27-20-6-8-21(9-7-20)35(32,33)29-13-11-28(12-14-29)26-22-4-2-1-3-19(22)17-34-24-10-5-18(15-23(24)26)16-25(30)31/h1-10,15,26H,11-14,16-17H2,(H,30,31). The summed E-state index contributed by atoms with van der Waals surface area (Å²) in [7, 11) is -3.73. The molecule has 2 heterocycles. The van der Waals surface area contributed by atoms with Gasteiger partial charge in [-0.3, -0.25) is 9.69 Å². The summed E-state index contributed by atoms with van der Waals surface area (Å²) in [4.78, 5) is 13.6. The van der Waals surface area contributed by atoms with Crippen LogP contribution in [-0.4, -0.2) is 54.9 Å². The average molecular weight is 497 g/mol. The van der Waals surface area contributed by atoms with E-state index in [1.165, 1.54) is 16.4 Å². The van der Waals surface area contributed by atoms with Crippen molar-refractivity contribution in [3.05, 3.63) is 94.8 Å². The van der Waals surface area contributed by atoms with Crippen molar-refractivity contribution in [2.24, 2.45) is 0 Å². The van der Waals surface area contributed by atoms with Crippen LogP contribution < -0.4 is 4.74 Å². The van der Waals surface area contributed by atoms with Gasteiger partial charge in [0, 0.05) is 31.7 Å².